The Kier molecular flexibility index (Phi) is 2.84. The predicted octanol–water partition coefficient (Wildman–Crippen LogP) is 1.49. The zero-order chi connectivity index (χ0) is 9.90. The Labute approximate surface area is 72.7 Å². The molecule has 4 nitrogen and oxygen atoms in total. The third-order valence-corrected chi connectivity index (χ3v) is 1.42. The van der Waals surface area contributed by atoms with Crippen molar-refractivity contribution in [1.82, 2.24) is 20.2 Å². The summed E-state index contributed by atoms with van der Waals surface area (Å²) in [5.41, 5.74) is 0. The van der Waals surface area contributed by atoms with Gasteiger partial charge in [0.15, 0.2) is 0 Å². The Bertz CT molecular complexity index is 267. The topological polar surface area (TPSA) is 43.6 Å². The minimum Gasteiger partial charge on any atom is -0.164 e. The van der Waals surface area contributed by atoms with Crippen LogP contribution in [0.25, 0.3) is 0 Å². The highest BCUT2D eigenvalue weighted by molar-refractivity contribution is 4.82. The molecule has 0 aliphatic rings. The third kappa shape index (κ3) is 2.67. The van der Waals surface area contributed by atoms with Gasteiger partial charge in [0, 0.05) is 0 Å². The minimum absolute atomic E-state index is 0.375. The normalized spacial score (nSPS) is 12.0. The van der Waals surface area contributed by atoms with Crippen LogP contribution >= 0.6 is 0 Å². The van der Waals surface area contributed by atoms with E-state index in [1.54, 1.807) is 0 Å². The van der Waals surface area contributed by atoms with Crippen LogP contribution in [0.4, 0.5) is 13.2 Å². The maximum Gasteiger partial charge on any atom is 0.455 e. The highest BCUT2D eigenvalue weighted by Crippen LogP contribution is 2.24. The summed E-state index contributed by atoms with van der Waals surface area (Å²) in [6.45, 7) is 2.31. The number of rotatable bonds is 3. The van der Waals surface area contributed by atoms with Crippen LogP contribution in [0, 0.1) is 0 Å². The summed E-state index contributed by atoms with van der Waals surface area (Å²) in [5.74, 6) is -1.18. The molecule has 7 heteroatoms. The largest absolute Gasteiger partial charge is 0.455 e. The summed E-state index contributed by atoms with van der Waals surface area (Å²) in [5, 5.41) is 9.36. The van der Waals surface area contributed by atoms with Crippen LogP contribution in [-0.2, 0) is 12.7 Å². The monoisotopic (exact) mass is 194 g/mol. The van der Waals surface area contributed by atoms with E-state index in [1.807, 2.05) is 6.92 Å². The van der Waals surface area contributed by atoms with Crippen molar-refractivity contribution in [3.8, 4) is 0 Å². The van der Waals surface area contributed by atoms with Gasteiger partial charge in [0.25, 0.3) is 5.82 Å². The minimum atomic E-state index is -4.50. The number of hydrogen-bond acceptors (Lipinski definition) is 3. The van der Waals surface area contributed by atoms with E-state index in [0.717, 1.165) is 17.6 Å². The number of hydrogen-bond donors (Lipinski definition) is 0. The fourth-order valence-corrected chi connectivity index (χ4v) is 0.751. The molecule has 0 saturated carbocycles. The lowest BCUT2D eigenvalue weighted by atomic mass is 10.3. The first-order valence-corrected chi connectivity index (χ1v) is 3.89. The summed E-state index contributed by atoms with van der Waals surface area (Å²) < 4.78 is 35.8. The molecule has 0 saturated heterocycles. The molecule has 1 aromatic heterocycles. The Balaban J connectivity index is 2.64. The second-order valence-electron chi connectivity index (χ2n) is 2.56. The van der Waals surface area contributed by atoms with Crippen molar-refractivity contribution in [1.29, 1.82) is 0 Å². The van der Waals surface area contributed by atoms with Crippen molar-refractivity contribution in [3.05, 3.63) is 5.82 Å². The molecule has 0 atom stereocenters. The van der Waals surface area contributed by atoms with E-state index in [1.165, 1.54) is 0 Å². The number of tetrazole rings is 1. The fraction of sp³-hybridized carbons (Fsp3) is 0.833. The molecular formula is C6H9F3N4. The van der Waals surface area contributed by atoms with E-state index in [0.29, 0.717) is 6.54 Å². The van der Waals surface area contributed by atoms with Gasteiger partial charge >= 0.3 is 6.18 Å². The van der Waals surface area contributed by atoms with Gasteiger partial charge in [0.1, 0.15) is 0 Å². The first-order valence-electron chi connectivity index (χ1n) is 3.89. The number of unbranched alkanes of at least 4 members (excludes halogenated alkanes) is 1. The van der Waals surface area contributed by atoms with Crippen LogP contribution in [0.5, 0.6) is 0 Å². The first kappa shape index (κ1) is 9.94. The van der Waals surface area contributed by atoms with E-state index >= 15 is 0 Å². The molecule has 0 amide bonds. The van der Waals surface area contributed by atoms with Crippen molar-refractivity contribution in [2.24, 2.45) is 0 Å². The average molecular weight is 194 g/mol. The van der Waals surface area contributed by atoms with Crippen molar-refractivity contribution in [2.45, 2.75) is 32.5 Å². The summed E-state index contributed by atoms with van der Waals surface area (Å²) >= 11 is 0. The molecule has 1 aromatic rings. The van der Waals surface area contributed by atoms with E-state index in [9.17, 15) is 13.2 Å². The molecule has 0 radical (unpaired) electrons. The van der Waals surface area contributed by atoms with Gasteiger partial charge in [-0.2, -0.15) is 18.0 Å². The van der Waals surface area contributed by atoms with Crippen molar-refractivity contribution >= 4 is 0 Å². The number of nitrogens with zero attached hydrogens (tertiary/aromatic N) is 4. The summed E-state index contributed by atoms with van der Waals surface area (Å²) in [4.78, 5) is 0.965. The van der Waals surface area contributed by atoms with Crippen LogP contribution in [-0.4, -0.2) is 20.2 Å². The standard InChI is InChI=1S/C6H9F3N4/c1-2-3-4-13-11-5(10-12-13)6(7,8)9/h2-4H2,1H3. The van der Waals surface area contributed by atoms with Gasteiger partial charge in [0.2, 0.25) is 0 Å². The first-order chi connectivity index (χ1) is 6.04. The number of halogens is 3. The van der Waals surface area contributed by atoms with Crippen LogP contribution < -0.4 is 0 Å². The Morgan fingerprint density at radius 1 is 1.38 bits per heavy atom. The lowest BCUT2D eigenvalue weighted by molar-refractivity contribution is -0.145. The Morgan fingerprint density at radius 2 is 2.08 bits per heavy atom. The second kappa shape index (κ2) is 3.71. The van der Waals surface area contributed by atoms with E-state index < -0.39 is 12.0 Å². The molecule has 13 heavy (non-hydrogen) atoms. The lowest BCUT2D eigenvalue weighted by Crippen LogP contribution is -2.09. The Hall–Kier alpha value is -1.14. The zero-order valence-corrected chi connectivity index (χ0v) is 7.04. The third-order valence-electron chi connectivity index (χ3n) is 1.42. The molecular weight excluding hydrogens is 185 g/mol. The molecule has 0 aliphatic carbocycles. The predicted molar refractivity (Wildman–Crippen MR) is 37.7 cm³/mol. The number of aromatic nitrogens is 4. The zero-order valence-electron chi connectivity index (χ0n) is 7.04. The molecule has 74 valence electrons. The Morgan fingerprint density at radius 3 is 2.54 bits per heavy atom. The molecule has 0 bridgehead atoms. The summed E-state index contributed by atoms with van der Waals surface area (Å²) in [7, 11) is 0. The molecule has 1 heterocycles. The molecule has 0 aromatic carbocycles. The van der Waals surface area contributed by atoms with E-state index in [-0.39, 0.29) is 0 Å². The smallest absolute Gasteiger partial charge is 0.164 e. The van der Waals surface area contributed by atoms with E-state index in [2.05, 4.69) is 15.4 Å². The quantitative estimate of drug-likeness (QED) is 0.732. The van der Waals surface area contributed by atoms with Gasteiger partial charge in [-0.05, 0) is 11.6 Å². The molecule has 0 spiro atoms. The van der Waals surface area contributed by atoms with Gasteiger partial charge in [-0.1, -0.05) is 13.3 Å². The van der Waals surface area contributed by atoms with Crippen molar-refractivity contribution in [3.63, 3.8) is 0 Å². The van der Waals surface area contributed by atoms with Crippen LogP contribution in [0.1, 0.15) is 25.6 Å². The van der Waals surface area contributed by atoms with Crippen molar-refractivity contribution < 1.29 is 13.2 Å². The van der Waals surface area contributed by atoms with Gasteiger partial charge in [-0.15, -0.1) is 10.2 Å². The highest BCUT2D eigenvalue weighted by atomic mass is 19.4. The summed E-state index contributed by atoms with van der Waals surface area (Å²) in [6.07, 6.45) is -2.87. The highest BCUT2D eigenvalue weighted by Gasteiger charge is 2.36. The maximum absolute atomic E-state index is 11.9. The van der Waals surface area contributed by atoms with Crippen LogP contribution in [0.3, 0.4) is 0 Å². The SMILES string of the molecule is CCCCn1nnc(C(F)(F)F)n1. The van der Waals surface area contributed by atoms with E-state index in [4.69, 9.17) is 0 Å². The van der Waals surface area contributed by atoms with Crippen molar-refractivity contribution in [2.75, 3.05) is 0 Å². The average Bonchev–Trinajstić information content (AvgIpc) is 2.47. The van der Waals surface area contributed by atoms with Gasteiger partial charge < -0.3 is 0 Å². The lowest BCUT2D eigenvalue weighted by Gasteiger charge is -1.97. The van der Waals surface area contributed by atoms with Gasteiger partial charge in [-0.3, -0.25) is 0 Å². The number of alkyl halides is 3. The fourth-order valence-electron chi connectivity index (χ4n) is 0.751. The molecule has 0 unspecified atom stereocenters. The molecule has 0 fully saturated rings. The molecule has 1 rings (SSSR count). The van der Waals surface area contributed by atoms with Gasteiger partial charge in [-0.25, -0.2) is 0 Å². The second-order valence-corrected chi connectivity index (χ2v) is 2.56. The molecule has 0 N–H and O–H groups in total. The molecule has 0 aliphatic heterocycles. The van der Waals surface area contributed by atoms with Crippen LogP contribution in [0.2, 0.25) is 0 Å². The summed E-state index contributed by atoms with van der Waals surface area (Å²) in [6, 6.07) is 0. The maximum atomic E-state index is 11.9. The number of aryl methyl sites for hydroxylation is 1. The van der Waals surface area contributed by atoms with Gasteiger partial charge in [0.05, 0.1) is 6.54 Å². The van der Waals surface area contributed by atoms with Crippen LogP contribution in [0.15, 0.2) is 0 Å².